The molecule has 0 saturated carbocycles. The first-order valence-corrected chi connectivity index (χ1v) is 5.54. The zero-order valence-electron chi connectivity index (χ0n) is 9.96. The SMILES string of the molecule is CC1(C)NC(C=O)N(CCn2ccnc2)C1=O. The van der Waals surface area contributed by atoms with Crippen molar-refractivity contribution >= 4 is 12.2 Å². The van der Waals surface area contributed by atoms with Crippen molar-refractivity contribution in [3.8, 4) is 0 Å². The highest BCUT2D eigenvalue weighted by Crippen LogP contribution is 2.18. The molecular formula is C11H16N4O2. The molecule has 0 aromatic carbocycles. The molecule has 6 nitrogen and oxygen atoms in total. The number of hydrogen-bond donors (Lipinski definition) is 1. The lowest BCUT2D eigenvalue weighted by Gasteiger charge is -2.20. The molecule has 1 atom stereocenters. The van der Waals surface area contributed by atoms with Crippen molar-refractivity contribution < 1.29 is 9.59 Å². The number of nitrogens with one attached hydrogen (secondary N) is 1. The summed E-state index contributed by atoms with van der Waals surface area (Å²) in [5.74, 6) is -0.0466. The Morgan fingerprint density at radius 1 is 1.53 bits per heavy atom. The van der Waals surface area contributed by atoms with E-state index in [0.29, 0.717) is 13.1 Å². The molecule has 1 N–H and O–H groups in total. The van der Waals surface area contributed by atoms with Gasteiger partial charge >= 0.3 is 0 Å². The highest BCUT2D eigenvalue weighted by atomic mass is 16.2. The predicted molar refractivity (Wildman–Crippen MR) is 61.0 cm³/mol. The van der Waals surface area contributed by atoms with Gasteiger partial charge in [0.25, 0.3) is 0 Å². The van der Waals surface area contributed by atoms with Crippen LogP contribution < -0.4 is 5.32 Å². The highest BCUT2D eigenvalue weighted by molar-refractivity contribution is 5.91. The van der Waals surface area contributed by atoms with Crippen LogP contribution in [0, 0.1) is 0 Å². The summed E-state index contributed by atoms with van der Waals surface area (Å²) < 4.78 is 1.88. The fourth-order valence-corrected chi connectivity index (χ4v) is 1.99. The Bertz CT molecular complexity index is 413. The quantitative estimate of drug-likeness (QED) is 0.724. The summed E-state index contributed by atoms with van der Waals surface area (Å²) >= 11 is 0. The van der Waals surface area contributed by atoms with Crippen LogP contribution in [0.3, 0.4) is 0 Å². The monoisotopic (exact) mass is 236 g/mol. The van der Waals surface area contributed by atoms with E-state index in [1.54, 1.807) is 31.3 Å². The average Bonchev–Trinajstić information content (AvgIpc) is 2.86. The van der Waals surface area contributed by atoms with Gasteiger partial charge in [0.1, 0.15) is 6.17 Å². The standard InChI is InChI=1S/C11H16N4O2/c1-11(2)10(17)15(9(7-16)13-11)6-5-14-4-3-12-8-14/h3-4,7-9,13H,5-6H2,1-2H3. The van der Waals surface area contributed by atoms with Crippen molar-refractivity contribution in [1.82, 2.24) is 19.8 Å². The Hall–Kier alpha value is -1.69. The van der Waals surface area contributed by atoms with Crippen LogP contribution in [-0.4, -0.2) is 44.9 Å². The average molecular weight is 236 g/mol. The van der Waals surface area contributed by atoms with Gasteiger partial charge in [-0.05, 0) is 13.8 Å². The van der Waals surface area contributed by atoms with Crippen molar-refractivity contribution in [1.29, 1.82) is 0 Å². The number of rotatable bonds is 4. The first-order valence-electron chi connectivity index (χ1n) is 5.54. The fraction of sp³-hybridized carbons (Fsp3) is 0.545. The minimum Gasteiger partial charge on any atom is -0.336 e. The Kier molecular flexibility index (Phi) is 2.97. The third-order valence-electron chi connectivity index (χ3n) is 2.93. The Labute approximate surface area is 99.6 Å². The molecule has 1 aromatic rings. The Balaban J connectivity index is 2.03. The molecule has 1 unspecified atom stereocenters. The zero-order valence-corrected chi connectivity index (χ0v) is 9.96. The van der Waals surface area contributed by atoms with Crippen LogP contribution in [0.15, 0.2) is 18.7 Å². The van der Waals surface area contributed by atoms with Gasteiger partial charge in [-0.1, -0.05) is 0 Å². The molecule has 0 bridgehead atoms. The van der Waals surface area contributed by atoms with E-state index in [4.69, 9.17) is 0 Å². The van der Waals surface area contributed by atoms with Crippen molar-refractivity contribution in [2.24, 2.45) is 0 Å². The maximum atomic E-state index is 12.0. The van der Waals surface area contributed by atoms with E-state index < -0.39 is 11.7 Å². The topological polar surface area (TPSA) is 67.2 Å². The molecular weight excluding hydrogens is 220 g/mol. The van der Waals surface area contributed by atoms with E-state index in [2.05, 4.69) is 10.3 Å². The van der Waals surface area contributed by atoms with Gasteiger partial charge in [0.2, 0.25) is 5.91 Å². The van der Waals surface area contributed by atoms with Crippen LogP contribution in [0.25, 0.3) is 0 Å². The maximum Gasteiger partial charge on any atom is 0.244 e. The molecule has 0 aliphatic carbocycles. The second kappa shape index (κ2) is 4.29. The van der Waals surface area contributed by atoms with Crippen LogP contribution in [0.2, 0.25) is 0 Å². The molecule has 1 fully saturated rings. The molecule has 1 aliphatic rings. The minimum atomic E-state index is -0.666. The van der Waals surface area contributed by atoms with Gasteiger partial charge in [-0.2, -0.15) is 0 Å². The number of aldehydes is 1. The Morgan fingerprint density at radius 2 is 2.29 bits per heavy atom. The fourth-order valence-electron chi connectivity index (χ4n) is 1.99. The van der Waals surface area contributed by atoms with E-state index in [1.807, 2.05) is 10.8 Å². The first kappa shape index (κ1) is 11.8. The number of carbonyl (C=O) groups excluding carboxylic acids is 2. The number of aromatic nitrogens is 2. The molecule has 1 amide bonds. The number of imidazole rings is 1. The highest BCUT2D eigenvalue weighted by Gasteiger charge is 2.44. The first-order chi connectivity index (χ1) is 8.04. The van der Waals surface area contributed by atoms with Crippen molar-refractivity contribution in [3.05, 3.63) is 18.7 Å². The Morgan fingerprint density at radius 3 is 2.88 bits per heavy atom. The van der Waals surface area contributed by atoms with E-state index in [0.717, 1.165) is 6.29 Å². The van der Waals surface area contributed by atoms with E-state index in [9.17, 15) is 9.59 Å². The molecule has 6 heteroatoms. The summed E-state index contributed by atoms with van der Waals surface area (Å²) in [6.45, 7) is 4.69. The zero-order chi connectivity index (χ0) is 12.5. The molecule has 2 rings (SSSR count). The lowest BCUT2D eigenvalue weighted by atomic mass is 10.1. The third kappa shape index (κ3) is 2.21. The summed E-state index contributed by atoms with van der Waals surface area (Å²) in [6.07, 6.45) is 5.44. The van der Waals surface area contributed by atoms with Crippen LogP contribution in [0.1, 0.15) is 13.8 Å². The molecule has 1 aromatic heterocycles. The summed E-state index contributed by atoms with van der Waals surface area (Å²) in [5.41, 5.74) is -0.666. The molecule has 0 spiro atoms. The minimum absolute atomic E-state index is 0.0466. The second-order valence-corrected chi connectivity index (χ2v) is 4.65. The summed E-state index contributed by atoms with van der Waals surface area (Å²) in [7, 11) is 0. The van der Waals surface area contributed by atoms with Crippen molar-refractivity contribution in [2.75, 3.05) is 6.54 Å². The van der Waals surface area contributed by atoms with Gasteiger partial charge in [0.05, 0.1) is 11.9 Å². The molecule has 1 saturated heterocycles. The molecule has 17 heavy (non-hydrogen) atoms. The summed E-state index contributed by atoms with van der Waals surface area (Å²) in [5, 5.41) is 2.99. The molecule has 0 radical (unpaired) electrons. The van der Waals surface area contributed by atoms with Gasteiger partial charge in [0.15, 0.2) is 6.29 Å². The van der Waals surface area contributed by atoms with Crippen molar-refractivity contribution in [3.63, 3.8) is 0 Å². The van der Waals surface area contributed by atoms with E-state index in [-0.39, 0.29) is 5.91 Å². The molecule has 1 aliphatic heterocycles. The smallest absolute Gasteiger partial charge is 0.244 e. The number of amides is 1. The third-order valence-corrected chi connectivity index (χ3v) is 2.93. The van der Waals surface area contributed by atoms with Crippen LogP contribution in [0.4, 0.5) is 0 Å². The van der Waals surface area contributed by atoms with Gasteiger partial charge in [-0.25, -0.2) is 4.98 Å². The largest absolute Gasteiger partial charge is 0.336 e. The van der Waals surface area contributed by atoms with E-state index >= 15 is 0 Å². The van der Waals surface area contributed by atoms with Gasteiger partial charge in [-0.3, -0.25) is 14.9 Å². The number of hydrogen-bond acceptors (Lipinski definition) is 4. The summed E-state index contributed by atoms with van der Waals surface area (Å²) in [6, 6.07) is 0. The lowest BCUT2D eigenvalue weighted by molar-refractivity contribution is -0.134. The predicted octanol–water partition coefficient (Wildman–Crippen LogP) is -0.381. The van der Waals surface area contributed by atoms with Crippen LogP contribution in [-0.2, 0) is 16.1 Å². The van der Waals surface area contributed by atoms with Gasteiger partial charge in [-0.15, -0.1) is 0 Å². The van der Waals surface area contributed by atoms with Crippen molar-refractivity contribution in [2.45, 2.75) is 32.1 Å². The number of nitrogens with zero attached hydrogens (tertiary/aromatic N) is 3. The molecule has 2 heterocycles. The van der Waals surface area contributed by atoms with Gasteiger partial charge in [0, 0.05) is 25.5 Å². The van der Waals surface area contributed by atoms with Crippen LogP contribution in [0.5, 0.6) is 0 Å². The molecule has 92 valence electrons. The second-order valence-electron chi connectivity index (χ2n) is 4.65. The van der Waals surface area contributed by atoms with Gasteiger partial charge < -0.3 is 9.47 Å². The van der Waals surface area contributed by atoms with E-state index in [1.165, 1.54) is 0 Å². The normalized spacial score (nSPS) is 23.1. The maximum absolute atomic E-state index is 12.0. The van der Waals surface area contributed by atoms with Crippen LogP contribution >= 0.6 is 0 Å². The lowest BCUT2D eigenvalue weighted by Crippen LogP contribution is -2.41. The number of carbonyl (C=O) groups is 2. The summed E-state index contributed by atoms with van der Waals surface area (Å²) in [4.78, 5) is 28.5.